The predicted octanol–water partition coefficient (Wildman–Crippen LogP) is 6.73. The number of fused-ring (bicyclic) bond motifs is 1. The fourth-order valence-corrected chi connectivity index (χ4v) is 3.75. The topological polar surface area (TPSA) is 62.1 Å². The summed E-state index contributed by atoms with van der Waals surface area (Å²) in [5, 5.41) is 14.6. The van der Waals surface area contributed by atoms with Crippen molar-refractivity contribution in [2.75, 3.05) is 5.32 Å². The van der Waals surface area contributed by atoms with Crippen LogP contribution in [0, 0.1) is 11.3 Å². The molecular weight excluding hydrogens is 464 g/mol. The summed E-state index contributed by atoms with van der Waals surface area (Å²) < 4.78 is 6.84. The van der Waals surface area contributed by atoms with Crippen LogP contribution in [-0.2, 0) is 11.4 Å². The number of amides is 1. The molecule has 0 saturated carbocycles. The van der Waals surface area contributed by atoms with E-state index < -0.39 is 5.91 Å². The van der Waals surface area contributed by atoms with E-state index in [2.05, 4.69) is 39.4 Å². The second-order valence-electron chi connectivity index (χ2n) is 7.07. The normalized spacial score (nSPS) is 11.1. The van der Waals surface area contributed by atoms with Crippen molar-refractivity contribution in [3.05, 3.63) is 112 Å². The molecule has 1 amide bonds. The second kappa shape index (κ2) is 9.95. The number of halogens is 1. The van der Waals surface area contributed by atoms with Gasteiger partial charge in [0, 0.05) is 10.0 Å². The van der Waals surface area contributed by atoms with Gasteiger partial charge in [-0.2, -0.15) is 5.26 Å². The quantitative estimate of drug-likeness (QED) is 0.244. The average molecular weight is 483 g/mol. The fraction of sp³-hybridized carbons (Fsp3) is 0.0370. The van der Waals surface area contributed by atoms with Crippen LogP contribution in [0.15, 0.2) is 101 Å². The zero-order chi connectivity index (χ0) is 22.3. The number of ether oxygens (including phenoxy) is 1. The minimum absolute atomic E-state index is 0.0121. The molecule has 4 aromatic carbocycles. The van der Waals surface area contributed by atoms with Crippen LogP contribution in [0.4, 0.5) is 5.69 Å². The Morgan fingerprint density at radius 2 is 1.66 bits per heavy atom. The number of nitriles is 1. The van der Waals surface area contributed by atoms with Gasteiger partial charge in [0.05, 0.1) is 5.69 Å². The number of carbonyl (C=O) groups is 1. The molecule has 32 heavy (non-hydrogen) atoms. The van der Waals surface area contributed by atoms with Crippen molar-refractivity contribution in [2.24, 2.45) is 0 Å². The Balaban J connectivity index is 1.57. The molecule has 0 unspecified atom stereocenters. The van der Waals surface area contributed by atoms with Crippen molar-refractivity contribution in [2.45, 2.75) is 6.61 Å². The highest BCUT2D eigenvalue weighted by atomic mass is 79.9. The molecule has 0 spiro atoms. The Morgan fingerprint density at radius 1 is 0.938 bits per heavy atom. The molecule has 4 rings (SSSR count). The molecule has 4 aromatic rings. The lowest BCUT2D eigenvalue weighted by molar-refractivity contribution is -0.112. The molecule has 0 aliphatic carbocycles. The number of nitrogens with one attached hydrogen (secondary N) is 1. The molecule has 4 nitrogen and oxygen atoms in total. The summed E-state index contributed by atoms with van der Waals surface area (Å²) in [6.07, 6.45) is 1.55. The second-order valence-corrected chi connectivity index (χ2v) is 7.92. The molecule has 1 N–H and O–H groups in total. The summed E-state index contributed by atoms with van der Waals surface area (Å²) in [7, 11) is 0. The van der Waals surface area contributed by atoms with Crippen molar-refractivity contribution in [1.82, 2.24) is 0 Å². The molecule has 0 atom stereocenters. The summed E-state index contributed by atoms with van der Waals surface area (Å²) in [4.78, 5) is 12.7. The molecule has 0 radical (unpaired) electrons. The molecule has 5 heteroatoms. The van der Waals surface area contributed by atoms with Crippen molar-refractivity contribution >= 4 is 44.4 Å². The van der Waals surface area contributed by atoms with Crippen molar-refractivity contribution in [1.29, 1.82) is 5.26 Å². The van der Waals surface area contributed by atoms with E-state index in [1.54, 1.807) is 12.1 Å². The molecule has 0 aliphatic heterocycles. The largest absolute Gasteiger partial charge is 0.488 e. The summed E-state index contributed by atoms with van der Waals surface area (Å²) in [5.41, 5.74) is 2.31. The van der Waals surface area contributed by atoms with E-state index in [9.17, 15) is 10.1 Å². The third-order valence-corrected chi connectivity index (χ3v) is 5.66. The number of nitrogens with zero attached hydrogens (tertiary/aromatic N) is 1. The third kappa shape index (κ3) is 4.88. The fourth-order valence-electron chi connectivity index (χ4n) is 3.36. The van der Waals surface area contributed by atoms with Crippen LogP contribution in [0.3, 0.4) is 0 Å². The van der Waals surface area contributed by atoms with E-state index in [0.29, 0.717) is 23.6 Å². The zero-order valence-corrected chi connectivity index (χ0v) is 18.7. The van der Waals surface area contributed by atoms with Crippen molar-refractivity contribution in [3.63, 3.8) is 0 Å². The van der Waals surface area contributed by atoms with Crippen LogP contribution in [0.1, 0.15) is 11.1 Å². The van der Waals surface area contributed by atoms with Gasteiger partial charge in [0.2, 0.25) is 0 Å². The minimum Gasteiger partial charge on any atom is -0.488 e. The SMILES string of the molecule is N#C/C(=C\c1ccccc1OCc1cccc2ccccc12)C(=O)Nc1ccccc1Br. The standard InChI is InChI=1S/C27H19BrN2O2/c28-24-13-4-5-14-25(24)30-27(31)22(17-29)16-20-9-2-6-15-26(20)32-18-21-11-7-10-19-8-1-3-12-23(19)21/h1-16H,18H2,(H,30,31)/b22-16+. The van der Waals surface area contributed by atoms with Gasteiger partial charge in [0.15, 0.2) is 0 Å². The number of carbonyl (C=O) groups excluding carboxylic acids is 1. The summed E-state index contributed by atoms with van der Waals surface area (Å²) in [6.45, 7) is 0.372. The van der Waals surface area contributed by atoms with E-state index in [-0.39, 0.29) is 5.57 Å². The van der Waals surface area contributed by atoms with Gasteiger partial charge in [0.1, 0.15) is 24.0 Å². The number of rotatable bonds is 6. The maximum atomic E-state index is 12.7. The van der Waals surface area contributed by atoms with Crippen LogP contribution >= 0.6 is 15.9 Å². The summed E-state index contributed by atoms with van der Waals surface area (Å²) in [5.74, 6) is 0.116. The summed E-state index contributed by atoms with van der Waals surface area (Å²) >= 11 is 3.40. The zero-order valence-electron chi connectivity index (χ0n) is 17.1. The first kappa shape index (κ1) is 21.4. The van der Waals surface area contributed by atoms with E-state index in [1.807, 2.05) is 72.8 Å². The van der Waals surface area contributed by atoms with Crippen LogP contribution in [0.2, 0.25) is 0 Å². The lowest BCUT2D eigenvalue weighted by atomic mass is 10.1. The van der Waals surface area contributed by atoms with Gasteiger partial charge < -0.3 is 10.1 Å². The smallest absolute Gasteiger partial charge is 0.266 e. The van der Waals surface area contributed by atoms with E-state index >= 15 is 0 Å². The Hall–Kier alpha value is -3.88. The first-order valence-electron chi connectivity index (χ1n) is 10.0. The molecule has 0 saturated heterocycles. The van der Waals surface area contributed by atoms with E-state index in [0.717, 1.165) is 20.8 Å². The van der Waals surface area contributed by atoms with E-state index in [1.165, 1.54) is 0 Å². The van der Waals surface area contributed by atoms with Gasteiger partial charge >= 0.3 is 0 Å². The molecule has 156 valence electrons. The van der Waals surface area contributed by atoms with E-state index in [4.69, 9.17) is 4.74 Å². The maximum Gasteiger partial charge on any atom is 0.266 e. The first-order valence-corrected chi connectivity index (χ1v) is 10.8. The van der Waals surface area contributed by atoms with Crippen molar-refractivity contribution < 1.29 is 9.53 Å². The monoisotopic (exact) mass is 482 g/mol. The lowest BCUT2D eigenvalue weighted by Gasteiger charge is -2.12. The van der Waals surface area contributed by atoms with Crippen molar-refractivity contribution in [3.8, 4) is 11.8 Å². The number of anilines is 1. The van der Waals surface area contributed by atoms with Gasteiger partial charge in [-0.1, -0.05) is 72.8 Å². The van der Waals surface area contributed by atoms with Gasteiger partial charge in [0.25, 0.3) is 5.91 Å². The first-order chi connectivity index (χ1) is 15.7. The number of hydrogen-bond donors (Lipinski definition) is 1. The Bertz CT molecular complexity index is 1350. The minimum atomic E-state index is -0.483. The summed E-state index contributed by atoms with van der Waals surface area (Å²) in [6, 6.07) is 30.9. The van der Waals surface area contributed by atoms with Gasteiger partial charge in [-0.25, -0.2) is 0 Å². The Labute approximate surface area is 194 Å². The van der Waals surface area contributed by atoms with Gasteiger partial charge in [-0.15, -0.1) is 0 Å². The lowest BCUT2D eigenvalue weighted by Crippen LogP contribution is -2.13. The number of hydrogen-bond acceptors (Lipinski definition) is 3. The van der Waals surface area contributed by atoms with Crippen LogP contribution in [0.25, 0.3) is 16.8 Å². The Kier molecular flexibility index (Phi) is 6.64. The van der Waals surface area contributed by atoms with Crippen LogP contribution < -0.4 is 10.1 Å². The maximum absolute atomic E-state index is 12.7. The van der Waals surface area contributed by atoms with Crippen LogP contribution in [-0.4, -0.2) is 5.91 Å². The number of benzene rings is 4. The highest BCUT2D eigenvalue weighted by Gasteiger charge is 2.13. The highest BCUT2D eigenvalue weighted by molar-refractivity contribution is 9.10. The molecule has 0 aliphatic rings. The molecular formula is C27H19BrN2O2. The average Bonchev–Trinajstić information content (AvgIpc) is 2.83. The Morgan fingerprint density at radius 3 is 2.50 bits per heavy atom. The highest BCUT2D eigenvalue weighted by Crippen LogP contribution is 2.26. The van der Waals surface area contributed by atoms with Gasteiger partial charge in [-0.3, -0.25) is 4.79 Å². The van der Waals surface area contributed by atoms with Gasteiger partial charge in [-0.05, 0) is 56.5 Å². The molecule has 0 bridgehead atoms. The third-order valence-electron chi connectivity index (χ3n) is 4.97. The molecule has 0 heterocycles. The number of para-hydroxylation sites is 2. The predicted molar refractivity (Wildman–Crippen MR) is 131 cm³/mol. The van der Waals surface area contributed by atoms with Crippen LogP contribution in [0.5, 0.6) is 5.75 Å². The molecule has 0 fully saturated rings. The molecule has 0 aromatic heterocycles.